The molecule has 1 amide bonds. The van der Waals surface area contributed by atoms with E-state index in [9.17, 15) is 9.59 Å². The number of fused-ring (bicyclic) bond motifs is 1. The van der Waals surface area contributed by atoms with Crippen LogP contribution in [0.15, 0.2) is 35.3 Å². The maximum absolute atomic E-state index is 11.7. The highest BCUT2D eigenvalue weighted by molar-refractivity contribution is 5.93. The fraction of sp³-hybridized carbons (Fsp3) is 0.0714. The van der Waals surface area contributed by atoms with Crippen molar-refractivity contribution in [3.63, 3.8) is 0 Å². The van der Waals surface area contributed by atoms with Crippen molar-refractivity contribution in [2.75, 3.05) is 11.1 Å². The number of nitrogens with two attached hydrogens (primary N) is 2. The number of primary amides is 1. The minimum Gasteiger partial charge on any atom is -0.379 e. The van der Waals surface area contributed by atoms with Gasteiger partial charge in [-0.1, -0.05) is 0 Å². The van der Waals surface area contributed by atoms with Gasteiger partial charge in [-0.15, -0.1) is 0 Å². The number of H-pyrrole nitrogens is 1. The molecule has 1 aromatic carbocycles. The van der Waals surface area contributed by atoms with Gasteiger partial charge in [0, 0.05) is 17.4 Å². The zero-order valence-electron chi connectivity index (χ0n) is 11.9. The van der Waals surface area contributed by atoms with Crippen LogP contribution in [0.4, 0.5) is 11.6 Å². The van der Waals surface area contributed by atoms with Crippen LogP contribution in [0.1, 0.15) is 16.1 Å². The summed E-state index contributed by atoms with van der Waals surface area (Å²) >= 11 is 0. The van der Waals surface area contributed by atoms with Gasteiger partial charge in [0.25, 0.3) is 0 Å². The molecule has 9 nitrogen and oxygen atoms in total. The summed E-state index contributed by atoms with van der Waals surface area (Å²) < 4.78 is 0. The van der Waals surface area contributed by atoms with Crippen molar-refractivity contribution in [2.24, 2.45) is 5.73 Å². The van der Waals surface area contributed by atoms with E-state index in [-0.39, 0.29) is 17.5 Å². The van der Waals surface area contributed by atoms with E-state index in [2.05, 4.69) is 25.3 Å². The zero-order chi connectivity index (χ0) is 16.4. The van der Waals surface area contributed by atoms with E-state index in [0.29, 0.717) is 17.8 Å². The quantitative estimate of drug-likeness (QED) is 0.527. The van der Waals surface area contributed by atoms with Crippen LogP contribution in [0.5, 0.6) is 0 Å². The molecule has 116 valence electrons. The van der Waals surface area contributed by atoms with Crippen LogP contribution in [0.3, 0.4) is 0 Å². The first-order valence-electron chi connectivity index (χ1n) is 6.68. The highest BCUT2D eigenvalue weighted by Gasteiger charge is 2.13. The third-order valence-electron chi connectivity index (χ3n) is 3.14. The molecule has 0 saturated heterocycles. The van der Waals surface area contributed by atoms with Crippen LogP contribution in [0.2, 0.25) is 0 Å². The van der Waals surface area contributed by atoms with E-state index >= 15 is 0 Å². The van der Waals surface area contributed by atoms with Gasteiger partial charge in [0.2, 0.25) is 11.9 Å². The number of aromatic amines is 1. The lowest BCUT2D eigenvalue weighted by atomic mass is 10.2. The molecule has 0 radical (unpaired) electrons. The average Bonchev–Trinajstić information content (AvgIpc) is 2.53. The van der Waals surface area contributed by atoms with E-state index in [1.54, 1.807) is 30.5 Å². The molecule has 9 heteroatoms. The third kappa shape index (κ3) is 3.07. The van der Waals surface area contributed by atoms with E-state index in [0.717, 1.165) is 5.69 Å². The SMILES string of the molecule is NC(=O)c1ccc(NCc2c[nH]c3nc(N)nc(=O)c-3n2)cc1. The normalized spacial score (nSPS) is 10.6. The van der Waals surface area contributed by atoms with E-state index in [1.807, 2.05) is 0 Å². The Balaban J connectivity index is 1.78. The molecular formula is C14H13N7O2. The first-order chi connectivity index (χ1) is 11.0. The molecule has 23 heavy (non-hydrogen) atoms. The van der Waals surface area contributed by atoms with Crippen LogP contribution in [0.25, 0.3) is 11.5 Å². The lowest BCUT2D eigenvalue weighted by molar-refractivity contribution is 0.100. The number of aromatic nitrogens is 4. The van der Waals surface area contributed by atoms with E-state index in [1.165, 1.54) is 0 Å². The molecule has 2 aliphatic heterocycles. The minimum absolute atomic E-state index is 0.0963. The highest BCUT2D eigenvalue weighted by atomic mass is 16.1. The summed E-state index contributed by atoms with van der Waals surface area (Å²) in [7, 11) is 0. The van der Waals surface area contributed by atoms with Gasteiger partial charge in [-0.25, -0.2) is 4.98 Å². The van der Waals surface area contributed by atoms with Gasteiger partial charge in [-0.3, -0.25) is 9.59 Å². The smallest absolute Gasteiger partial charge is 0.302 e. The average molecular weight is 311 g/mol. The van der Waals surface area contributed by atoms with Gasteiger partial charge >= 0.3 is 5.56 Å². The molecule has 0 fully saturated rings. The molecule has 0 bridgehead atoms. The van der Waals surface area contributed by atoms with Gasteiger partial charge in [0.05, 0.1) is 12.2 Å². The highest BCUT2D eigenvalue weighted by Crippen LogP contribution is 2.13. The Morgan fingerprint density at radius 2 is 1.91 bits per heavy atom. The van der Waals surface area contributed by atoms with Crippen molar-refractivity contribution >= 4 is 17.5 Å². The van der Waals surface area contributed by atoms with Gasteiger partial charge in [0.1, 0.15) is 0 Å². The predicted octanol–water partition coefficient (Wildman–Crippen LogP) is -0.0421. The predicted molar refractivity (Wildman–Crippen MR) is 83.8 cm³/mol. The van der Waals surface area contributed by atoms with Crippen molar-refractivity contribution in [3.8, 4) is 11.5 Å². The van der Waals surface area contributed by atoms with E-state index < -0.39 is 11.5 Å². The molecule has 0 aliphatic carbocycles. The third-order valence-corrected chi connectivity index (χ3v) is 3.14. The van der Waals surface area contributed by atoms with Gasteiger partial charge in [-0.2, -0.15) is 9.97 Å². The first kappa shape index (κ1) is 14.4. The minimum atomic E-state index is -0.531. The molecule has 0 spiro atoms. The van der Waals surface area contributed by atoms with Crippen molar-refractivity contribution < 1.29 is 4.79 Å². The molecule has 0 saturated carbocycles. The number of hydrogen-bond acceptors (Lipinski definition) is 7. The molecule has 6 N–H and O–H groups in total. The number of nitrogens with zero attached hydrogens (tertiary/aromatic N) is 3. The molecule has 0 atom stereocenters. The number of carbonyl (C=O) groups excluding carboxylic acids is 1. The number of nitrogen functional groups attached to an aromatic ring is 1. The van der Waals surface area contributed by atoms with Crippen LogP contribution >= 0.6 is 0 Å². The molecule has 0 unspecified atom stereocenters. The number of rotatable bonds is 4. The van der Waals surface area contributed by atoms with Crippen LogP contribution in [-0.4, -0.2) is 25.8 Å². The zero-order valence-corrected chi connectivity index (χ0v) is 11.9. The maximum Gasteiger partial charge on any atom is 0.302 e. The maximum atomic E-state index is 11.7. The number of carbonyl (C=O) groups is 1. The lowest BCUT2D eigenvalue weighted by Crippen LogP contribution is -2.19. The molecule has 0 aromatic heterocycles. The number of amides is 1. The second-order valence-electron chi connectivity index (χ2n) is 4.77. The Labute approximate surface area is 130 Å². The number of nitrogens with one attached hydrogen (secondary N) is 2. The Bertz CT molecular complexity index is 888. The van der Waals surface area contributed by atoms with Gasteiger partial charge in [0.15, 0.2) is 11.5 Å². The standard InChI is InChI=1S/C14H13N7O2/c15-11(22)7-1-3-8(4-2-7)17-5-9-6-18-12-10(19-9)13(23)21-14(16)20-12/h1-4,6,17H,5H2,(H2,15,22)(H3,16,18,20,21,23). The number of benzene rings is 1. The second kappa shape index (κ2) is 5.72. The Morgan fingerprint density at radius 1 is 1.17 bits per heavy atom. The van der Waals surface area contributed by atoms with Crippen molar-refractivity contribution in [1.29, 1.82) is 0 Å². The topological polar surface area (TPSA) is 153 Å². The first-order valence-corrected chi connectivity index (χ1v) is 6.68. The molecule has 2 heterocycles. The molecule has 1 aromatic rings. The summed E-state index contributed by atoms with van der Waals surface area (Å²) in [6, 6.07) is 6.70. The summed E-state index contributed by atoms with van der Waals surface area (Å²) in [5, 5.41) is 3.12. The number of anilines is 2. The fourth-order valence-electron chi connectivity index (χ4n) is 2.02. The van der Waals surface area contributed by atoms with Crippen LogP contribution in [0, 0.1) is 0 Å². The summed E-state index contributed by atoms with van der Waals surface area (Å²) in [4.78, 5) is 37.3. The Morgan fingerprint density at radius 3 is 2.61 bits per heavy atom. The van der Waals surface area contributed by atoms with Crippen molar-refractivity contribution in [2.45, 2.75) is 6.54 Å². The summed E-state index contributed by atoms with van der Waals surface area (Å²) in [5.41, 5.74) is 12.0. The van der Waals surface area contributed by atoms with E-state index in [4.69, 9.17) is 11.5 Å². The fourth-order valence-corrected chi connectivity index (χ4v) is 2.02. The largest absolute Gasteiger partial charge is 0.379 e. The monoisotopic (exact) mass is 311 g/mol. The summed E-state index contributed by atoms with van der Waals surface area (Å²) in [6.07, 6.45) is 1.62. The second-order valence-corrected chi connectivity index (χ2v) is 4.77. The summed E-state index contributed by atoms with van der Waals surface area (Å²) in [5.74, 6) is -0.289. The van der Waals surface area contributed by atoms with Crippen LogP contribution < -0.4 is 22.3 Å². The van der Waals surface area contributed by atoms with Crippen LogP contribution in [-0.2, 0) is 6.54 Å². The molecule has 2 aliphatic rings. The number of hydrogen-bond donors (Lipinski definition) is 4. The molecular weight excluding hydrogens is 298 g/mol. The summed E-state index contributed by atoms with van der Waals surface area (Å²) in [6.45, 7) is 0.367. The Hall–Kier alpha value is -3.49. The van der Waals surface area contributed by atoms with Gasteiger partial charge < -0.3 is 21.8 Å². The lowest BCUT2D eigenvalue weighted by Gasteiger charge is -2.09. The molecule has 3 rings (SSSR count). The van der Waals surface area contributed by atoms with Crippen molar-refractivity contribution in [1.82, 2.24) is 19.9 Å². The van der Waals surface area contributed by atoms with Gasteiger partial charge in [-0.05, 0) is 24.3 Å². The van der Waals surface area contributed by atoms with Crippen molar-refractivity contribution in [3.05, 3.63) is 52.1 Å². The Kier molecular flexibility index (Phi) is 3.59.